The molecule has 0 saturated heterocycles. The van der Waals surface area contributed by atoms with Gasteiger partial charge in [-0.3, -0.25) is 19.2 Å². The molecule has 0 aliphatic heterocycles. The van der Waals surface area contributed by atoms with Crippen LogP contribution in [0.15, 0.2) is 12.5 Å². The zero-order valence-corrected chi connectivity index (χ0v) is 20.1. The van der Waals surface area contributed by atoms with E-state index >= 15 is 0 Å². The van der Waals surface area contributed by atoms with E-state index in [0.717, 1.165) is 0 Å². The van der Waals surface area contributed by atoms with Crippen LogP contribution in [0.4, 0.5) is 0 Å². The van der Waals surface area contributed by atoms with E-state index in [2.05, 4.69) is 25.9 Å². The van der Waals surface area contributed by atoms with Gasteiger partial charge in [0.15, 0.2) is 0 Å². The number of amides is 3. The normalized spacial score (nSPS) is 14.5. The van der Waals surface area contributed by atoms with E-state index in [-0.39, 0.29) is 18.8 Å². The lowest BCUT2D eigenvalue weighted by molar-refractivity contribution is -0.143. The lowest BCUT2D eigenvalue weighted by Crippen LogP contribution is -2.58. The molecule has 1 aromatic rings. The Bertz CT molecular complexity index is 848. The van der Waals surface area contributed by atoms with Crippen molar-refractivity contribution in [2.24, 2.45) is 11.7 Å². The first kappa shape index (κ1) is 28.9. The number of thioether (sulfide) groups is 1. The summed E-state index contributed by atoms with van der Waals surface area (Å²) in [6.07, 6.45) is 3.89. The van der Waals surface area contributed by atoms with Crippen LogP contribution in [0.25, 0.3) is 0 Å². The van der Waals surface area contributed by atoms with Gasteiger partial charge >= 0.3 is 11.9 Å². The Hall–Kier alpha value is -3.13. The van der Waals surface area contributed by atoms with Gasteiger partial charge in [-0.2, -0.15) is 11.8 Å². The first-order valence-electron chi connectivity index (χ1n) is 10.5. The fourth-order valence-electron chi connectivity index (χ4n) is 2.82. The van der Waals surface area contributed by atoms with Gasteiger partial charge in [-0.1, -0.05) is 13.8 Å². The van der Waals surface area contributed by atoms with Crippen LogP contribution in [0, 0.1) is 5.92 Å². The summed E-state index contributed by atoms with van der Waals surface area (Å²) in [5.41, 5.74) is 6.36. The molecule has 4 unspecified atom stereocenters. The number of hydrogen-bond acceptors (Lipinski definition) is 8. The minimum absolute atomic E-state index is 0.0325. The summed E-state index contributed by atoms with van der Waals surface area (Å²) < 4.78 is 0. The fourth-order valence-corrected chi connectivity index (χ4v) is 3.29. The van der Waals surface area contributed by atoms with Crippen LogP contribution in [0.3, 0.4) is 0 Å². The third kappa shape index (κ3) is 9.79. The van der Waals surface area contributed by atoms with Crippen LogP contribution < -0.4 is 21.7 Å². The molecular formula is C20H32N6O7S. The average molecular weight is 501 g/mol. The number of rotatable bonds is 15. The maximum atomic E-state index is 13.0. The number of carboxylic acid groups (broad SMARTS) is 2. The number of H-pyrrole nitrogens is 1. The first-order valence-corrected chi connectivity index (χ1v) is 11.9. The summed E-state index contributed by atoms with van der Waals surface area (Å²) in [5, 5.41) is 25.6. The summed E-state index contributed by atoms with van der Waals surface area (Å²) in [7, 11) is 0. The van der Waals surface area contributed by atoms with Crippen LogP contribution in [0.5, 0.6) is 0 Å². The highest BCUT2D eigenvalue weighted by Crippen LogP contribution is 2.06. The Morgan fingerprint density at radius 3 is 2.12 bits per heavy atom. The zero-order valence-electron chi connectivity index (χ0n) is 19.2. The maximum Gasteiger partial charge on any atom is 0.326 e. The van der Waals surface area contributed by atoms with Gasteiger partial charge in [-0.15, -0.1) is 0 Å². The highest BCUT2D eigenvalue weighted by Gasteiger charge is 2.32. The van der Waals surface area contributed by atoms with Crippen LogP contribution in [0.1, 0.15) is 32.4 Å². The second kappa shape index (κ2) is 14.2. The van der Waals surface area contributed by atoms with Gasteiger partial charge in [0.1, 0.15) is 18.1 Å². The number of carbonyl (C=O) groups excluding carboxylic acids is 3. The van der Waals surface area contributed by atoms with E-state index in [9.17, 15) is 34.2 Å². The third-order valence-electron chi connectivity index (χ3n) is 4.87. The smallest absolute Gasteiger partial charge is 0.326 e. The molecule has 0 radical (unpaired) electrons. The van der Waals surface area contributed by atoms with Gasteiger partial charge in [-0.05, 0) is 24.3 Å². The Kier molecular flexibility index (Phi) is 12.1. The van der Waals surface area contributed by atoms with E-state index in [1.165, 1.54) is 24.3 Å². The number of carbonyl (C=O) groups is 5. The molecule has 3 amide bonds. The molecular weight excluding hydrogens is 468 g/mol. The average Bonchev–Trinajstić information content (AvgIpc) is 3.27. The van der Waals surface area contributed by atoms with Gasteiger partial charge in [0, 0.05) is 18.3 Å². The van der Waals surface area contributed by atoms with E-state index in [1.54, 1.807) is 20.1 Å². The van der Waals surface area contributed by atoms with Crippen molar-refractivity contribution < 1.29 is 34.2 Å². The predicted octanol–water partition coefficient (Wildman–Crippen LogP) is -1.30. The van der Waals surface area contributed by atoms with Crippen molar-refractivity contribution in [1.29, 1.82) is 0 Å². The summed E-state index contributed by atoms with van der Waals surface area (Å²) in [6.45, 7) is 3.47. The van der Waals surface area contributed by atoms with E-state index in [4.69, 9.17) is 5.73 Å². The number of nitrogens with zero attached hydrogens (tertiary/aromatic N) is 1. The standard InChI is InChI=1S/C20H32N6O7S/c1-10(2)16(21)19(31)26-13(6-11-8-22-9-23-11)17(29)25-14(7-15(27)28)18(30)24-12(20(32)33)4-5-34-3/h8-10,12-14,16H,4-7,21H2,1-3H3,(H,22,23)(H,24,30)(H,25,29)(H,26,31)(H,27,28)(H,32,33). The minimum Gasteiger partial charge on any atom is -0.481 e. The molecule has 0 aromatic carbocycles. The molecule has 0 fully saturated rings. The summed E-state index contributed by atoms with van der Waals surface area (Å²) in [4.78, 5) is 67.5. The molecule has 1 heterocycles. The Morgan fingerprint density at radius 1 is 1.03 bits per heavy atom. The van der Waals surface area contributed by atoms with Gasteiger partial charge < -0.3 is 36.9 Å². The molecule has 0 aliphatic carbocycles. The fraction of sp³-hybridized carbons (Fsp3) is 0.600. The largest absolute Gasteiger partial charge is 0.481 e. The predicted molar refractivity (Wildman–Crippen MR) is 124 cm³/mol. The molecule has 34 heavy (non-hydrogen) atoms. The monoisotopic (exact) mass is 500 g/mol. The number of aromatic amines is 1. The van der Waals surface area contributed by atoms with Crippen molar-refractivity contribution in [3.63, 3.8) is 0 Å². The van der Waals surface area contributed by atoms with E-state index < -0.39 is 60.2 Å². The number of aromatic nitrogens is 2. The van der Waals surface area contributed by atoms with Gasteiger partial charge in [0.2, 0.25) is 17.7 Å². The van der Waals surface area contributed by atoms with Gasteiger partial charge in [0.05, 0.1) is 18.8 Å². The molecule has 0 spiro atoms. The molecule has 0 bridgehead atoms. The number of carboxylic acids is 2. The lowest BCUT2D eigenvalue weighted by atomic mass is 10.0. The minimum atomic E-state index is -1.57. The number of nitrogens with two attached hydrogens (primary N) is 1. The number of nitrogens with one attached hydrogen (secondary N) is 4. The summed E-state index contributed by atoms with van der Waals surface area (Å²) in [5.74, 6) is -4.83. The maximum absolute atomic E-state index is 13.0. The Balaban J connectivity index is 3.04. The second-order valence-corrected chi connectivity index (χ2v) is 8.94. The summed E-state index contributed by atoms with van der Waals surface area (Å²) >= 11 is 1.38. The second-order valence-electron chi connectivity index (χ2n) is 7.95. The van der Waals surface area contributed by atoms with Crippen molar-refractivity contribution in [2.75, 3.05) is 12.0 Å². The Morgan fingerprint density at radius 2 is 1.62 bits per heavy atom. The highest BCUT2D eigenvalue weighted by molar-refractivity contribution is 7.98. The first-order chi connectivity index (χ1) is 16.0. The molecule has 1 aromatic heterocycles. The highest BCUT2D eigenvalue weighted by atomic mass is 32.2. The molecule has 4 atom stereocenters. The topological polar surface area (TPSA) is 217 Å². The molecule has 0 aliphatic rings. The van der Waals surface area contributed by atoms with Gasteiger partial charge in [0.25, 0.3) is 0 Å². The molecule has 13 nitrogen and oxygen atoms in total. The van der Waals surface area contributed by atoms with Crippen LogP contribution in [-0.4, -0.2) is 86.0 Å². The molecule has 14 heteroatoms. The van der Waals surface area contributed by atoms with Crippen molar-refractivity contribution in [3.8, 4) is 0 Å². The molecule has 190 valence electrons. The van der Waals surface area contributed by atoms with Crippen molar-refractivity contribution in [1.82, 2.24) is 25.9 Å². The zero-order chi connectivity index (χ0) is 25.8. The van der Waals surface area contributed by atoms with E-state index in [0.29, 0.717) is 11.4 Å². The van der Waals surface area contributed by atoms with Crippen molar-refractivity contribution in [2.45, 2.75) is 57.3 Å². The summed E-state index contributed by atoms with van der Waals surface area (Å²) in [6, 6.07) is -4.92. The SMILES string of the molecule is CSCCC(NC(=O)C(CC(=O)O)NC(=O)C(Cc1cnc[nH]1)NC(=O)C(N)C(C)C)C(=O)O. The van der Waals surface area contributed by atoms with Crippen molar-refractivity contribution >= 4 is 41.4 Å². The van der Waals surface area contributed by atoms with Crippen LogP contribution >= 0.6 is 11.8 Å². The molecule has 1 rings (SSSR count). The number of hydrogen-bond donors (Lipinski definition) is 7. The quantitative estimate of drug-likeness (QED) is 0.151. The molecule has 0 saturated carbocycles. The lowest BCUT2D eigenvalue weighted by Gasteiger charge is -2.25. The third-order valence-corrected chi connectivity index (χ3v) is 5.51. The number of aliphatic carboxylic acids is 2. The van der Waals surface area contributed by atoms with Crippen LogP contribution in [-0.2, 0) is 30.4 Å². The van der Waals surface area contributed by atoms with Crippen molar-refractivity contribution in [3.05, 3.63) is 18.2 Å². The van der Waals surface area contributed by atoms with Gasteiger partial charge in [-0.25, -0.2) is 9.78 Å². The number of imidazole rings is 1. The van der Waals surface area contributed by atoms with E-state index in [1.807, 2.05) is 0 Å². The Labute approximate surface area is 201 Å². The van der Waals surface area contributed by atoms with Crippen LogP contribution in [0.2, 0.25) is 0 Å². The molecule has 8 N–H and O–H groups in total.